The lowest BCUT2D eigenvalue weighted by molar-refractivity contribution is -0.136. The maximum absolute atomic E-state index is 10.8. The SMILES string of the molecule is C=CCC[C@H](ONC(C)=O)c1ccccc1. The molecular weight excluding hydrogens is 202 g/mol. The highest BCUT2D eigenvalue weighted by Crippen LogP contribution is 2.21. The van der Waals surface area contributed by atoms with Gasteiger partial charge in [-0.25, -0.2) is 5.48 Å². The Balaban J connectivity index is 2.63. The third-order valence-corrected chi connectivity index (χ3v) is 2.15. The zero-order valence-electron chi connectivity index (χ0n) is 9.48. The van der Waals surface area contributed by atoms with Crippen molar-refractivity contribution in [3.05, 3.63) is 48.6 Å². The summed E-state index contributed by atoms with van der Waals surface area (Å²) in [5.41, 5.74) is 3.43. The molecule has 3 heteroatoms. The summed E-state index contributed by atoms with van der Waals surface area (Å²) in [6.07, 6.45) is 3.36. The first-order valence-corrected chi connectivity index (χ1v) is 5.32. The van der Waals surface area contributed by atoms with Gasteiger partial charge in [-0.1, -0.05) is 36.4 Å². The number of carbonyl (C=O) groups excluding carboxylic acids is 1. The molecule has 0 fully saturated rings. The minimum Gasteiger partial charge on any atom is -0.273 e. The first-order chi connectivity index (χ1) is 7.74. The molecule has 0 saturated heterocycles. The van der Waals surface area contributed by atoms with Gasteiger partial charge in [0.05, 0.1) is 0 Å². The fourth-order valence-electron chi connectivity index (χ4n) is 1.38. The molecule has 1 N–H and O–H groups in total. The number of benzene rings is 1. The van der Waals surface area contributed by atoms with E-state index >= 15 is 0 Å². The summed E-state index contributed by atoms with van der Waals surface area (Å²) in [6, 6.07) is 9.82. The summed E-state index contributed by atoms with van der Waals surface area (Å²) in [5, 5.41) is 0. The molecule has 0 heterocycles. The van der Waals surface area contributed by atoms with E-state index in [2.05, 4.69) is 12.1 Å². The number of allylic oxidation sites excluding steroid dienone is 1. The van der Waals surface area contributed by atoms with Crippen LogP contribution in [-0.2, 0) is 9.63 Å². The quantitative estimate of drug-likeness (QED) is 0.590. The van der Waals surface area contributed by atoms with Crippen LogP contribution in [0.5, 0.6) is 0 Å². The molecule has 0 bridgehead atoms. The van der Waals surface area contributed by atoms with Crippen molar-refractivity contribution in [3.8, 4) is 0 Å². The molecule has 0 aromatic heterocycles. The molecule has 16 heavy (non-hydrogen) atoms. The summed E-state index contributed by atoms with van der Waals surface area (Å²) in [6.45, 7) is 5.10. The maximum Gasteiger partial charge on any atom is 0.240 e. The number of hydrogen-bond acceptors (Lipinski definition) is 2. The van der Waals surface area contributed by atoms with E-state index < -0.39 is 0 Å². The second-order valence-electron chi connectivity index (χ2n) is 3.54. The van der Waals surface area contributed by atoms with E-state index in [1.54, 1.807) is 0 Å². The van der Waals surface area contributed by atoms with Crippen molar-refractivity contribution >= 4 is 5.91 Å². The zero-order valence-corrected chi connectivity index (χ0v) is 9.48. The number of hydroxylamine groups is 1. The van der Waals surface area contributed by atoms with Crippen LogP contribution in [0.1, 0.15) is 31.4 Å². The Morgan fingerprint density at radius 2 is 2.19 bits per heavy atom. The van der Waals surface area contributed by atoms with E-state index in [9.17, 15) is 4.79 Å². The molecule has 0 spiro atoms. The second-order valence-corrected chi connectivity index (χ2v) is 3.54. The molecule has 3 nitrogen and oxygen atoms in total. The summed E-state index contributed by atoms with van der Waals surface area (Å²) in [7, 11) is 0. The van der Waals surface area contributed by atoms with Gasteiger partial charge in [0.15, 0.2) is 0 Å². The molecule has 1 rings (SSSR count). The van der Waals surface area contributed by atoms with Crippen molar-refractivity contribution in [3.63, 3.8) is 0 Å². The Bertz CT molecular complexity index is 335. The van der Waals surface area contributed by atoms with Crippen LogP contribution in [0.3, 0.4) is 0 Å². The van der Waals surface area contributed by atoms with Crippen molar-refractivity contribution in [1.29, 1.82) is 0 Å². The van der Waals surface area contributed by atoms with Crippen LogP contribution in [0.15, 0.2) is 43.0 Å². The van der Waals surface area contributed by atoms with E-state index in [1.165, 1.54) is 6.92 Å². The average molecular weight is 219 g/mol. The molecule has 1 aromatic rings. The van der Waals surface area contributed by atoms with E-state index in [-0.39, 0.29) is 12.0 Å². The number of carbonyl (C=O) groups is 1. The smallest absolute Gasteiger partial charge is 0.240 e. The summed E-state index contributed by atoms with van der Waals surface area (Å²) >= 11 is 0. The van der Waals surface area contributed by atoms with Gasteiger partial charge in [-0.3, -0.25) is 9.63 Å². The van der Waals surface area contributed by atoms with Gasteiger partial charge in [-0.2, -0.15) is 0 Å². The Morgan fingerprint density at radius 3 is 2.75 bits per heavy atom. The predicted octanol–water partition coefficient (Wildman–Crippen LogP) is 2.76. The minimum atomic E-state index is -0.195. The Kier molecular flexibility index (Phi) is 5.29. The largest absolute Gasteiger partial charge is 0.273 e. The molecule has 1 aromatic carbocycles. The third kappa shape index (κ3) is 4.28. The van der Waals surface area contributed by atoms with Crippen molar-refractivity contribution in [1.82, 2.24) is 5.48 Å². The van der Waals surface area contributed by atoms with Crippen LogP contribution >= 0.6 is 0 Å². The first kappa shape index (κ1) is 12.5. The van der Waals surface area contributed by atoms with E-state index in [0.29, 0.717) is 0 Å². The van der Waals surface area contributed by atoms with Gasteiger partial charge < -0.3 is 0 Å². The van der Waals surface area contributed by atoms with Gasteiger partial charge in [-0.15, -0.1) is 6.58 Å². The van der Waals surface area contributed by atoms with Gasteiger partial charge in [-0.05, 0) is 18.4 Å². The lowest BCUT2D eigenvalue weighted by atomic mass is 10.1. The van der Waals surface area contributed by atoms with Crippen LogP contribution in [-0.4, -0.2) is 5.91 Å². The van der Waals surface area contributed by atoms with Crippen molar-refractivity contribution in [2.24, 2.45) is 0 Å². The third-order valence-electron chi connectivity index (χ3n) is 2.15. The molecule has 1 amide bonds. The minimum absolute atomic E-state index is 0.122. The number of nitrogens with one attached hydrogen (secondary N) is 1. The molecule has 1 atom stereocenters. The highest BCUT2D eigenvalue weighted by atomic mass is 16.7. The normalized spacial score (nSPS) is 11.8. The number of amides is 1. The summed E-state index contributed by atoms with van der Waals surface area (Å²) in [4.78, 5) is 16.1. The highest BCUT2D eigenvalue weighted by molar-refractivity contribution is 5.71. The molecule has 0 aliphatic heterocycles. The van der Waals surface area contributed by atoms with E-state index in [4.69, 9.17) is 4.84 Å². The Morgan fingerprint density at radius 1 is 1.50 bits per heavy atom. The fraction of sp³-hybridized carbons (Fsp3) is 0.308. The summed E-state index contributed by atoms with van der Waals surface area (Å²) < 4.78 is 0. The fourth-order valence-corrected chi connectivity index (χ4v) is 1.38. The van der Waals surface area contributed by atoms with Gasteiger partial charge in [0, 0.05) is 6.92 Å². The topological polar surface area (TPSA) is 38.3 Å². The lowest BCUT2D eigenvalue weighted by Crippen LogP contribution is -2.23. The highest BCUT2D eigenvalue weighted by Gasteiger charge is 2.11. The number of hydrogen-bond donors (Lipinski definition) is 1. The Labute approximate surface area is 96.1 Å². The molecule has 86 valence electrons. The van der Waals surface area contributed by atoms with Crippen LogP contribution < -0.4 is 5.48 Å². The standard InChI is InChI=1S/C13H17NO2/c1-3-4-10-13(16-14-11(2)15)12-8-6-5-7-9-12/h3,5-9,13H,1,4,10H2,2H3,(H,14,15)/t13-/m0/s1. The van der Waals surface area contributed by atoms with Crippen LogP contribution in [0.4, 0.5) is 0 Å². The van der Waals surface area contributed by atoms with Crippen LogP contribution in [0.2, 0.25) is 0 Å². The predicted molar refractivity (Wildman–Crippen MR) is 63.5 cm³/mol. The molecule has 0 saturated carbocycles. The molecular formula is C13H17NO2. The molecule has 0 aliphatic rings. The van der Waals surface area contributed by atoms with Crippen LogP contribution in [0, 0.1) is 0 Å². The Hall–Kier alpha value is -1.61. The van der Waals surface area contributed by atoms with E-state index in [1.807, 2.05) is 36.4 Å². The average Bonchev–Trinajstić information content (AvgIpc) is 2.30. The van der Waals surface area contributed by atoms with Crippen LogP contribution in [0.25, 0.3) is 0 Å². The van der Waals surface area contributed by atoms with Gasteiger partial charge in [0.25, 0.3) is 0 Å². The monoisotopic (exact) mass is 219 g/mol. The van der Waals surface area contributed by atoms with Crippen molar-refractivity contribution in [2.45, 2.75) is 25.9 Å². The maximum atomic E-state index is 10.8. The van der Waals surface area contributed by atoms with E-state index in [0.717, 1.165) is 18.4 Å². The lowest BCUT2D eigenvalue weighted by Gasteiger charge is -2.16. The van der Waals surface area contributed by atoms with Crippen molar-refractivity contribution < 1.29 is 9.63 Å². The first-order valence-electron chi connectivity index (χ1n) is 5.32. The van der Waals surface area contributed by atoms with Gasteiger partial charge in [0.2, 0.25) is 5.91 Å². The molecule has 0 aliphatic carbocycles. The van der Waals surface area contributed by atoms with Gasteiger partial charge in [0.1, 0.15) is 6.10 Å². The zero-order chi connectivity index (χ0) is 11.8. The molecule has 0 unspecified atom stereocenters. The molecule has 0 radical (unpaired) electrons. The summed E-state index contributed by atoms with van der Waals surface area (Å²) in [5.74, 6) is -0.195. The van der Waals surface area contributed by atoms with Gasteiger partial charge >= 0.3 is 0 Å². The van der Waals surface area contributed by atoms with Crippen molar-refractivity contribution in [2.75, 3.05) is 0 Å². The number of rotatable bonds is 6. The second kappa shape index (κ2) is 6.80.